The highest BCUT2D eigenvalue weighted by Crippen LogP contribution is 2.13. The van der Waals surface area contributed by atoms with Crippen LogP contribution in [0.4, 0.5) is 0 Å². The van der Waals surface area contributed by atoms with E-state index in [0.717, 1.165) is 22.4 Å². The number of rotatable bonds is 2. The van der Waals surface area contributed by atoms with Crippen molar-refractivity contribution in [2.45, 2.75) is 6.92 Å². The number of hydrogen-bond donors (Lipinski definition) is 0. The molecule has 0 aliphatic rings. The molecule has 0 saturated carbocycles. The van der Waals surface area contributed by atoms with E-state index in [4.69, 9.17) is 4.42 Å². The fourth-order valence-electron chi connectivity index (χ4n) is 2.25. The molecular weight excluding hydrogens is 266 g/mol. The highest BCUT2D eigenvalue weighted by Gasteiger charge is 2.14. The van der Waals surface area contributed by atoms with Gasteiger partial charge in [-0.1, -0.05) is 6.07 Å². The van der Waals surface area contributed by atoms with Crippen molar-refractivity contribution in [3.63, 3.8) is 0 Å². The zero-order valence-electron chi connectivity index (χ0n) is 11.3. The van der Waals surface area contributed by atoms with Crippen molar-refractivity contribution in [3.05, 3.63) is 59.5 Å². The number of pyridine rings is 1. The van der Waals surface area contributed by atoms with Crippen LogP contribution >= 0.6 is 0 Å². The molecule has 4 aromatic heterocycles. The Kier molecular flexibility index (Phi) is 2.53. The van der Waals surface area contributed by atoms with E-state index < -0.39 is 0 Å². The molecule has 0 aliphatic carbocycles. The molecule has 0 aliphatic heterocycles. The third kappa shape index (κ3) is 1.88. The van der Waals surface area contributed by atoms with Crippen LogP contribution in [0.2, 0.25) is 0 Å². The Bertz CT molecular complexity index is 941. The summed E-state index contributed by atoms with van der Waals surface area (Å²) in [7, 11) is 0. The van der Waals surface area contributed by atoms with Crippen molar-refractivity contribution in [2.24, 2.45) is 0 Å². The molecule has 0 atom stereocenters. The van der Waals surface area contributed by atoms with Crippen molar-refractivity contribution in [2.75, 3.05) is 0 Å². The zero-order chi connectivity index (χ0) is 14.2. The second kappa shape index (κ2) is 4.52. The smallest absolute Gasteiger partial charge is 0.203 e. The van der Waals surface area contributed by atoms with Crippen LogP contribution in [-0.2, 0) is 0 Å². The van der Waals surface area contributed by atoms with Crippen molar-refractivity contribution in [1.29, 1.82) is 0 Å². The van der Waals surface area contributed by atoms with Crippen LogP contribution in [0.25, 0.3) is 23.2 Å². The standard InChI is InChI=1S/C15H11N5O/c1-10-12(9-11-5-4-8-21-11)14-17-18-15(20(14)19-10)13-6-2-3-7-16-13/h2-9H,1H3. The van der Waals surface area contributed by atoms with E-state index in [-0.39, 0.29) is 0 Å². The van der Waals surface area contributed by atoms with E-state index in [2.05, 4.69) is 20.3 Å². The van der Waals surface area contributed by atoms with Crippen LogP contribution in [-0.4, -0.2) is 24.8 Å². The quantitative estimate of drug-likeness (QED) is 0.557. The lowest BCUT2D eigenvalue weighted by Gasteiger charge is -1.93. The van der Waals surface area contributed by atoms with Gasteiger partial charge >= 0.3 is 0 Å². The topological polar surface area (TPSA) is 69.1 Å². The Morgan fingerprint density at radius 2 is 2.10 bits per heavy atom. The van der Waals surface area contributed by atoms with E-state index in [9.17, 15) is 0 Å². The molecule has 6 heteroatoms. The van der Waals surface area contributed by atoms with Crippen molar-refractivity contribution < 1.29 is 4.42 Å². The minimum atomic E-state index is 0.632. The first kappa shape index (κ1) is 11.8. The Morgan fingerprint density at radius 1 is 1.14 bits per heavy atom. The van der Waals surface area contributed by atoms with Gasteiger partial charge in [0.25, 0.3) is 0 Å². The van der Waals surface area contributed by atoms with E-state index in [1.165, 1.54) is 0 Å². The summed E-state index contributed by atoms with van der Waals surface area (Å²) >= 11 is 0. The molecule has 4 heterocycles. The molecule has 102 valence electrons. The second-order valence-electron chi connectivity index (χ2n) is 4.63. The molecule has 6 nitrogen and oxygen atoms in total. The first-order valence-electron chi connectivity index (χ1n) is 6.51. The lowest BCUT2D eigenvalue weighted by Crippen LogP contribution is -2.03. The number of furan rings is 1. The third-order valence-corrected chi connectivity index (χ3v) is 3.25. The summed E-state index contributed by atoms with van der Waals surface area (Å²) in [5, 5.41) is 13.8. The summed E-state index contributed by atoms with van der Waals surface area (Å²) < 4.78 is 7.06. The number of hydrogen-bond acceptors (Lipinski definition) is 5. The van der Waals surface area contributed by atoms with E-state index in [0.29, 0.717) is 11.5 Å². The van der Waals surface area contributed by atoms with Gasteiger partial charge in [-0.15, -0.1) is 10.2 Å². The Morgan fingerprint density at radius 3 is 2.86 bits per heavy atom. The molecule has 0 unspecified atom stereocenters. The summed E-state index contributed by atoms with van der Waals surface area (Å²) in [5.74, 6) is 1.39. The lowest BCUT2D eigenvalue weighted by molar-refractivity contribution is 0.556. The van der Waals surface area contributed by atoms with Crippen LogP contribution < -0.4 is 5.22 Å². The molecule has 0 N–H and O–H groups in total. The first-order chi connectivity index (χ1) is 10.3. The fourth-order valence-corrected chi connectivity index (χ4v) is 2.25. The Balaban J connectivity index is 1.96. The number of aryl methyl sites for hydroxylation is 1. The molecule has 0 saturated heterocycles. The molecule has 0 amide bonds. The lowest BCUT2D eigenvalue weighted by atomic mass is 10.3. The van der Waals surface area contributed by atoms with Gasteiger partial charge in [-0.2, -0.15) is 9.61 Å². The molecule has 4 rings (SSSR count). The Labute approximate surface area is 119 Å². The highest BCUT2D eigenvalue weighted by atomic mass is 16.3. The van der Waals surface area contributed by atoms with Gasteiger partial charge in [-0.05, 0) is 37.3 Å². The molecule has 4 aromatic rings. The summed E-state index contributed by atoms with van der Waals surface area (Å²) in [5.41, 5.74) is 2.31. The van der Waals surface area contributed by atoms with Gasteiger partial charge in [-0.3, -0.25) is 4.98 Å². The Hall–Kier alpha value is -3.02. The van der Waals surface area contributed by atoms with Crippen LogP contribution in [0.5, 0.6) is 0 Å². The molecule has 0 aromatic carbocycles. The molecule has 0 spiro atoms. The first-order valence-corrected chi connectivity index (χ1v) is 6.51. The van der Waals surface area contributed by atoms with Gasteiger partial charge in [0.15, 0.2) is 5.65 Å². The molecular formula is C15H11N5O. The SMILES string of the molecule is Cc1nn2c(-c3ccccn3)nnc2c1=Cc1ccco1. The van der Waals surface area contributed by atoms with Crippen LogP contribution in [0.15, 0.2) is 47.2 Å². The summed E-state index contributed by atoms with van der Waals surface area (Å²) in [6, 6.07) is 9.39. The predicted octanol–water partition coefficient (Wildman–Crippen LogP) is 1.64. The van der Waals surface area contributed by atoms with Crippen LogP contribution in [0.3, 0.4) is 0 Å². The largest absolute Gasteiger partial charge is 0.465 e. The minimum absolute atomic E-state index is 0.632. The van der Waals surface area contributed by atoms with Crippen LogP contribution in [0, 0.1) is 6.92 Å². The molecule has 0 bridgehead atoms. The maximum atomic E-state index is 5.35. The summed E-state index contributed by atoms with van der Waals surface area (Å²) in [4.78, 5) is 4.29. The monoisotopic (exact) mass is 277 g/mol. The molecule has 0 radical (unpaired) electrons. The van der Waals surface area contributed by atoms with E-state index in [1.807, 2.05) is 43.3 Å². The summed E-state index contributed by atoms with van der Waals surface area (Å²) in [6.45, 7) is 1.94. The average molecular weight is 277 g/mol. The van der Waals surface area contributed by atoms with E-state index in [1.54, 1.807) is 17.0 Å². The van der Waals surface area contributed by atoms with Gasteiger partial charge in [0.1, 0.15) is 11.5 Å². The number of nitrogens with zero attached hydrogens (tertiary/aromatic N) is 5. The molecule has 21 heavy (non-hydrogen) atoms. The van der Waals surface area contributed by atoms with Gasteiger partial charge in [0, 0.05) is 11.4 Å². The fraction of sp³-hybridized carbons (Fsp3) is 0.0667. The predicted molar refractivity (Wildman–Crippen MR) is 76.2 cm³/mol. The normalized spacial score (nSPS) is 12.3. The molecule has 0 fully saturated rings. The number of aromatic nitrogens is 5. The minimum Gasteiger partial charge on any atom is -0.465 e. The van der Waals surface area contributed by atoms with Gasteiger partial charge in [-0.25, -0.2) is 0 Å². The van der Waals surface area contributed by atoms with Gasteiger partial charge in [0.05, 0.1) is 12.0 Å². The summed E-state index contributed by atoms with van der Waals surface area (Å²) in [6.07, 6.45) is 5.27. The maximum Gasteiger partial charge on any atom is 0.203 e. The maximum absolute atomic E-state index is 5.35. The third-order valence-electron chi connectivity index (χ3n) is 3.25. The van der Waals surface area contributed by atoms with Crippen molar-refractivity contribution in [1.82, 2.24) is 24.8 Å². The van der Waals surface area contributed by atoms with Crippen molar-refractivity contribution >= 4 is 11.7 Å². The zero-order valence-corrected chi connectivity index (χ0v) is 11.3. The van der Waals surface area contributed by atoms with E-state index >= 15 is 0 Å². The van der Waals surface area contributed by atoms with Gasteiger partial charge in [0.2, 0.25) is 5.82 Å². The second-order valence-corrected chi connectivity index (χ2v) is 4.63. The number of fused-ring (bicyclic) bond motifs is 1. The van der Waals surface area contributed by atoms with Gasteiger partial charge < -0.3 is 4.42 Å². The highest BCUT2D eigenvalue weighted by molar-refractivity contribution is 5.59. The van der Waals surface area contributed by atoms with Crippen molar-refractivity contribution in [3.8, 4) is 11.5 Å². The van der Waals surface area contributed by atoms with Crippen LogP contribution in [0.1, 0.15) is 11.5 Å². The average Bonchev–Trinajstić information content (AvgIpc) is 3.20.